The van der Waals surface area contributed by atoms with Crippen LogP contribution in [0.15, 0.2) is 11.1 Å². The Balaban J connectivity index is 4.30. The van der Waals surface area contributed by atoms with Crippen LogP contribution < -0.4 is 0 Å². The summed E-state index contributed by atoms with van der Waals surface area (Å²) in [7, 11) is 0. The van der Waals surface area contributed by atoms with Gasteiger partial charge in [0.2, 0.25) is 0 Å². The number of allylic oxidation sites excluding steroid dienone is 2. The Morgan fingerprint density at radius 1 is 1.12 bits per heavy atom. The smallest absolute Gasteiger partial charge is 0.0264 e. The van der Waals surface area contributed by atoms with Gasteiger partial charge in [0.1, 0.15) is 0 Å². The van der Waals surface area contributed by atoms with Crippen LogP contribution in [0.3, 0.4) is 0 Å². The Kier molecular flexibility index (Phi) is 2.77. The average Bonchev–Trinajstić information content (AvgIpc) is 1.69. The van der Waals surface area contributed by atoms with Crippen LogP contribution in [0.25, 0.3) is 0 Å². The zero-order chi connectivity index (χ0) is 6.57. The summed E-state index contributed by atoms with van der Waals surface area (Å²) < 4.78 is 0. The molecule has 0 aromatic heterocycles. The lowest BCUT2D eigenvalue weighted by molar-refractivity contribution is 1.37. The minimum absolute atomic E-state index is 0.685. The Morgan fingerprint density at radius 3 is 1.50 bits per heavy atom. The van der Waals surface area contributed by atoms with Crippen molar-refractivity contribution in [2.24, 2.45) is 0 Å². The van der Waals surface area contributed by atoms with E-state index in [1.54, 1.807) is 0 Å². The summed E-state index contributed by atoms with van der Waals surface area (Å²) in [6, 6.07) is 0. The van der Waals surface area contributed by atoms with Gasteiger partial charge in [-0.3, -0.25) is 0 Å². The molecule has 0 heterocycles. The van der Waals surface area contributed by atoms with Crippen LogP contribution in [-0.4, -0.2) is 12.4 Å². The maximum Gasteiger partial charge on any atom is 0.0264 e. The molecule has 0 spiro atoms. The summed E-state index contributed by atoms with van der Waals surface area (Å²) in [5.41, 5.74) is 1.69. The zero-order valence-corrected chi connectivity index (χ0v) is 5.15. The van der Waals surface area contributed by atoms with E-state index < -0.39 is 0 Å². The van der Waals surface area contributed by atoms with Crippen molar-refractivity contribution in [1.82, 2.24) is 0 Å². The molecule has 0 unspecified atom stereocenters. The molecule has 8 heavy (non-hydrogen) atoms. The molecule has 0 bridgehead atoms. The van der Waals surface area contributed by atoms with Gasteiger partial charge in [-0.2, -0.15) is 0 Å². The molecule has 0 radical (unpaired) electrons. The molecule has 2 nitrogen and oxygen atoms in total. The molecule has 0 aromatic carbocycles. The van der Waals surface area contributed by atoms with E-state index in [0.29, 0.717) is 5.57 Å². The third-order valence-electron chi connectivity index (χ3n) is 0.888. The van der Waals surface area contributed by atoms with Crippen LogP contribution in [0.4, 0.5) is 0 Å². The van der Waals surface area contributed by atoms with E-state index in [9.17, 15) is 0 Å². The zero-order valence-electron chi connectivity index (χ0n) is 5.15. The van der Waals surface area contributed by atoms with Gasteiger partial charge in [-0.1, -0.05) is 5.57 Å². The lowest BCUT2D eigenvalue weighted by atomic mass is 10.2. The van der Waals surface area contributed by atoms with Crippen LogP contribution in [-0.2, 0) is 0 Å². The minimum Gasteiger partial charge on any atom is -0.308 e. The molecule has 0 amide bonds. The van der Waals surface area contributed by atoms with Gasteiger partial charge in [-0.15, -0.1) is 0 Å². The van der Waals surface area contributed by atoms with Crippen molar-refractivity contribution in [3.63, 3.8) is 0 Å². The quantitative estimate of drug-likeness (QED) is 0.507. The molecule has 2 heteroatoms. The molecule has 0 aliphatic carbocycles. The molecule has 2 N–H and O–H groups in total. The van der Waals surface area contributed by atoms with Gasteiger partial charge in [-0.05, 0) is 13.8 Å². The molecule has 0 atom stereocenters. The van der Waals surface area contributed by atoms with Gasteiger partial charge in [-0.25, -0.2) is 0 Å². The highest BCUT2D eigenvalue weighted by Crippen LogP contribution is 1.94. The first-order valence-corrected chi connectivity index (χ1v) is 2.40. The Hall–Kier alpha value is -0.920. The van der Waals surface area contributed by atoms with Crippen molar-refractivity contribution < 1.29 is 0 Å². The summed E-state index contributed by atoms with van der Waals surface area (Å²) in [5, 5.41) is 13.5. The predicted octanol–water partition coefficient (Wildman–Crippen LogP) is 1.62. The fraction of sp³-hybridized carbons (Fsp3) is 0.333. The normalized spacial score (nSPS) is 7.75. The van der Waals surface area contributed by atoms with E-state index in [4.69, 9.17) is 10.8 Å². The molecular formula is C6H10N2. The number of hydrogen-bond acceptors (Lipinski definition) is 2. The van der Waals surface area contributed by atoms with E-state index in [0.717, 1.165) is 5.57 Å². The standard InChI is InChI=1S/C6H10N2/c1-5(2)6(3-7)4-8/h3-4,7-8H,1-2H3. The highest BCUT2D eigenvalue weighted by atomic mass is 14.4. The second-order valence-electron chi connectivity index (χ2n) is 1.74. The minimum atomic E-state index is 0.685. The van der Waals surface area contributed by atoms with E-state index in [1.165, 1.54) is 12.4 Å². The van der Waals surface area contributed by atoms with Gasteiger partial charge < -0.3 is 10.8 Å². The van der Waals surface area contributed by atoms with E-state index in [2.05, 4.69) is 0 Å². The lowest BCUT2D eigenvalue weighted by Crippen LogP contribution is -1.85. The number of hydrogen-bond donors (Lipinski definition) is 2. The topological polar surface area (TPSA) is 47.7 Å². The maximum absolute atomic E-state index is 6.76. The molecule has 0 aromatic rings. The number of rotatable bonds is 2. The molecule has 0 saturated carbocycles. The second-order valence-corrected chi connectivity index (χ2v) is 1.74. The molecule has 44 valence electrons. The fourth-order valence-electron chi connectivity index (χ4n) is 0.330. The molecule has 0 fully saturated rings. The summed E-state index contributed by atoms with van der Waals surface area (Å²) in [5.74, 6) is 0. The van der Waals surface area contributed by atoms with Gasteiger partial charge in [0.25, 0.3) is 0 Å². The molecule has 0 aliphatic heterocycles. The van der Waals surface area contributed by atoms with Crippen molar-refractivity contribution in [3.8, 4) is 0 Å². The monoisotopic (exact) mass is 110 g/mol. The Morgan fingerprint density at radius 2 is 1.50 bits per heavy atom. The molecule has 0 aliphatic rings. The third-order valence-corrected chi connectivity index (χ3v) is 0.888. The second kappa shape index (κ2) is 3.13. The van der Waals surface area contributed by atoms with Gasteiger partial charge in [0.05, 0.1) is 0 Å². The lowest BCUT2D eigenvalue weighted by Gasteiger charge is -1.90. The highest BCUT2D eigenvalue weighted by Gasteiger charge is 1.85. The average molecular weight is 110 g/mol. The maximum atomic E-state index is 6.76. The van der Waals surface area contributed by atoms with Crippen LogP contribution >= 0.6 is 0 Å². The van der Waals surface area contributed by atoms with Gasteiger partial charge in [0, 0.05) is 18.0 Å². The summed E-state index contributed by atoms with van der Waals surface area (Å²) in [4.78, 5) is 0. The highest BCUT2D eigenvalue weighted by molar-refractivity contribution is 6.02. The summed E-state index contributed by atoms with van der Waals surface area (Å²) >= 11 is 0. The first-order valence-electron chi connectivity index (χ1n) is 2.40. The van der Waals surface area contributed by atoms with Crippen molar-refractivity contribution in [2.75, 3.05) is 0 Å². The van der Waals surface area contributed by atoms with Crippen molar-refractivity contribution in [2.45, 2.75) is 13.8 Å². The Bertz CT molecular complexity index is 119. The van der Waals surface area contributed by atoms with E-state index in [-0.39, 0.29) is 0 Å². The van der Waals surface area contributed by atoms with Gasteiger partial charge >= 0.3 is 0 Å². The Labute approximate surface area is 49.2 Å². The molecular weight excluding hydrogens is 100 g/mol. The SMILES string of the molecule is CC(C)=C(C=N)C=N. The largest absolute Gasteiger partial charge is 0.308 e. The van der Waals surface area contributed by atoms with E-state index in [1.807, 2.05) is 13.8 Å². The predicted molar refractivity (Wildman–Crippen MR) is 35.9 cm³/mol. The molecule has 0 saturated heterocycles. The summed E-state index contributed by atoms with van der Waals surface area (Å²) in [6.45, 7) is 3.76. The van der Waals surface area contributed by atoms with Crippen LogP contribution in [0.5, 0.6) is 0 Å². The fourth-order valence-corrected chi connectivity index (χ4v) is 0.330. The summed E-state index contributed by atoms with van der Waals surface area (Å²) in [6.07, 6.45) is 2.37. The first kappa shape index (κ1) is 7.08. The van der Waals surface area contributed by atoms with Crippen LogP contribution in [0, 0.1) is 10.8 Å². The van der Waals surface area contributed by atoms with Crippen LogP contribution in [0.1, 0.15) is 13.8 Å². The van der Waals surface area contributed by atoms with Crippen molar-refractivity contribution >= 4 is 12.4 Å². The molecule has 0 rings (SSSR count). The van der Waals surface area contributed by atoms with Crippen molar-refractivity contribution in [3.05, 3.63) is 11.1 Å². The number of nitrogens with one attached hydrogen (secondary N) is 2. The van der Waals surface area contributed by atoms with Crippen molar-refractivity contribution in [1.29, 1.82) is 10.8 Å². The van der Waals surface area contributed by atoms with E-state index >= 15 is 0 Å². The van der Waals surface area contributed by atoms with Crippen LogP contribution in [0.2, 0.25) is 0 Å². The third kappa shape index (κ3) is 1.69. The van der Waals surface area contributed by atoms with Gasteiger partial charge in [0.15, 0.2) is 0 Å². The first-order chi connectivity index (χ1) is 3.72.